The highest BCUT2D eigenvalue weighted by atomic mass is 28.3. The molecular weight excluding hydrogens is 348 g/mol. The Labute approximate surface area is 148 Å². The number of ether oxygens (including phenoxy) is 2. The minimum atomic E-state index is -1.10. The Morgan fingerprint density at radius 2 is 1.60 bits per heavy atom. The van der Waals surface area contributed by atoms with Crippen LogP contribution in [-0.2, 0) is 28.8 Å². The second-order valence-electron chi connectivity index (χ2n) is 7.68. The number of rotatable bonds is 6. The SMILES string of the molecule is CCOC(=O)N1OC2CC3ON(COCC[Si](C)(C)C)OC3CC2O1. The predicted molar refractivity (Wildman–Crippen MR) is 88.4 cm³/mol. The second kappa shape index (κ2) is 7.87. The summed E-state index contributed by atoms with van der Waals surface area (Å²) in [4.78, 5) is 34.3. The van der Waals surface area contributed by atoms with Gasteiger partial charge in [0.15, 0.2) is 0 Å². The van der Waals surface area contributed by atoms with Crippen molar-refractivity contribution < 1.29 is 33.6 Å². The highest BCUT2D eigenvalue weighted by Gasteiger charge is 2.51. The average Bonchev–Trinajstić information content (AvgIpc) is 3.10. The normalized spacial score (nSPS) is 32.6. The van der Waals surface area contributed by atoms with Gasteiger partial charge in [0.05, 0.1) is 6.61 Å². The van der Waals surface area contributed by atoms with Crippen LogP contribution in [0, 0.1) is 0 Å². The van der Waals surface area contributed by atoms with Crippen molar-refractivity contribution in [2.24, 2.45) is 0 Å². The third-order valence-corrected chi connectivity index (χ3v) is 6.04. The van der Waals surface area contributed by atoms with Crippen LogP contribution in [0.2, 0.25) is 25.7 Å². The van der Waals surface area contributed by atoms with Gasteiger partial charge in [0.1, 0.15) is 31.1 Å². The van der Waals surface area contributed by atoms with Crippen molar-refractivity contribution >= 4 is 14.2 Å². The van der Waals surface area contributed by atoms with Gasteiger partial charge in [0.25, 0.3) is 0 Å². The van der Waals surface area contributed by atoms with E-state index in [0.29, 0.717) is 19.4 Å². The van der Waals surface area contributed by atoms with Crippen molar-refractivity contribution in [1.29, 1.82) is 0 Å². The maximum Gasteiger partial charge on any atom is 0.459 e. The Morgan fingerprint density at radius 3 is 2.12 bits per heavy atom. The highest BCUT2D eigenvalue weighted by molar-refractivity contribution is 6.76. The van der Waals surface area contributed by atoms with Gasteiger partial charge < -0.3 is 9.47 Å². The fourth-order valence-corrected chi connectivity index (χ4v) is 3.70. The third-order valence-electron chi connectivity index (χ3n) is 4.34. The minimum Gasteiger partial charge on any atom is -0.447 e. The first-order chi connectivity index (χ1) is 11.9. The molecular formula is C15H28N2O7Si. The van der Waals surface area contributed by atoms with Crippen molar-refractivity contribution in [1.82, 2.24) is 10.5 Å². The van der Waals surface area contributed by atoms with Gasteiger partial charge in [0, 0.05) is 27.5 Å². The molecule has 2 heterocycles. The zero-order chi connectivity index (χ0) is 18.0. The van der Waals surface area contributed by atoms with Crippen molar-refractivity contribution in [3.8, 4) is 0 Å². The molecule has 0 aromatic rings. The van der Waals surface area contributed by atoms with Crippen LogP contribution in [0.25, 0.3) is 0 Å². The Morgan fingerprint density at radius 1 is 1.04 bits per heavy atom. The van der Waals surface area contributed by atoms with E-state index in [9.17, 15) is 4.79 Å². The Kier molecular flexibility index (Phi) is 5.98. The van der Waals surface area contributed by atoms with E-state index in [1.807, 2.05) is 0 Å². The Bertz CT molecular complexity index is 453. The molecule has 2 saturated heterocycles. The largest absolute Gasteiger partial charge is 0.459 e. The molecule has 0 aromatic heterocycles. The summed E-state index contributed by atoms with van der Waals surface area (Å²) in [6.07, 6.45) is -0.238. The number of carbonyl (C=O) groups excluding carboxylic acids is 1. The van der Waals surface area contributed by atoms with E-state index in [2.05, 4.69) is 19.6 Å². The zero-order valence-corrected chi connectivity index (χ0v) is 16.3. The number of amides is 1. The maximum absolute atomic E-state index is 11.7. The summed E-state index contributed by atoms with van der Waals surface area (Å²) in [5.74, 6) is 0. The van der Waals surface area contributed by atoms with E-state index in [4.69, 9.17) is 28.8 Å². The van der Waals surface area contributed by atoms with Crippen LogP contribution in [0.5, 0.6) is 0 Å². The van der Waals surface area contributed by atoms with E-state index < -0.39 is 14.2 Å². The van der Waals surface area contributed by atoms with E-state index in [0.717, 1.165) is 11.3 Å². The summed E-state index contributed by atoms with van der Waals surface area (Å²) in [5.41, 5.74) is 0. The van der Waals surface area contributed by atoms with E-state index in [-0.39, 0.29) is 37.8 Å². The van der Waals surface area contributed by atoms with Crippen molar-refractivity contribution in [2.45, 2.75) is 69.9 Å². The lowest BCUT2D eigenvalue weighted by Crippen LogP contribution is -2.41. The van der Waals surface area contributed by atoms with E-state index in [1.165, 1.54) is 5.23 Å². The molecule has 4 unspecified atom stereocenters. The molecule has 0 spiro atoms. The number of hydrogen-bond acceptors (Lipinski definition) is 8. The number of hydrogen-bond donors (Lipinski definition) is 0. The van der Waals surface area contributed by atoms with Crippen LogP contribution < -0.4 is 0 Å². The van der Waals surface area contributed by atoms with Crippen LogP contribution in [0.3, 0.4) is 0 Å². The molecule has 2 aliphatic heterocycles. The maximum atomic E-state index is 11.7. The standard InChI is InChI=1S/C15H28N2O7Si/c1-5-20-15(18)17-23-13-8-11-12(9-14(13)24-17)22-16(21-11)10-19-6-7-25(2,3)4/h11-14H,5-10H2,1-4H3. The fraction of sp³-hybridized carbons (Fsp3) is 0.933. The van der Waals surface area contributed by atoms with Crippen molar-refractivity contribution in [3.05, 3.63) is 0 Å². The summed E-state index contributed by atoms with van der Waals surface area (Å²) in [5, 5.41) is 2.24. The molecule has 1 amide bonds. The molecule has 1 saturated carbocycles. The van der Waals surface area contributed by atoms with Crippen LogP contribution >= 0.6 is 0 Å². The predicted octanol–water partition coefficient (Wildman–Crippen LogP) is 2.08. The summed E-state index contributed by atoms with van der Waals surface area (Å²) in [7, 11) is -1.10. The molecule has 3 fully saturated rings. The van der Waals surface area contributed by atoms with Crippen LogP contribution in [0.15, 0.2) is 0 Å². The van der Waals surface area contributed by atoms with Gasteiger partial charge in [-0.3, -0.25) is 9.68 Å². The lowest BCUT2D eigenvalue weighted by Gasteiger charge is -2.26. The minimum absolute atomic E-state index is 0.132. The molecule has 10 heteroatoms. The monoisotopic (exact) mass is 376 g/mol. The fourth-order valence-electron chi connectivity index (χ4n) is 2.95. The lowest BCUT2D eigenvalue weighted by molar-refractivity contribution is -0.348. The molecule has 144 valence electrons. The molecule has 0 bridgehead atoms. The molecule has 0 radical (unpaired) electrons. The third kappa shape index (κ3) is 4.91. The molecule has 25 heavy (non-hydrogen) atoms. The smallest absolute Gasteiger partial charge is 0.447 e. The van der Waals surface area contributed by atoms with Crippen molar-refractivity contribution in [2.75, 3.05) is 19.9 Å². The summed E-state index contributed by atoms with van der Waals surface area (Å²) < 4.78 is 10.5. The quantitative estimate of drug-likeness (QED) is 0.515. The molecule has 9 nitrogen and oxygen atoms in total. The van der Waals surface area contributed by atoms with E-state index >= 15 is 0 Å². The summed E-state index contributed by atoms with van der Waals surface area (Å²) in [6, 6.07) is 1.10. The zero-order valence-electron chi connectivity index (χ0n) is 15.3. The topological polar surface area (TPSA) is 78.9 Å². The first-order valence-corrected chi connectivity index (χ1v) is 12.6. The summed E-state index contributed by atoms with van der Waals surface area (Å²) in [6.45, 7) is 9.92. The second-order valence-corrected chi connectivity index (χ2v) is 13.3. The van der Waals surface area contributed by atoms with Crippen LogP contribution in [0.1, 0.15) is 19.8 Å². The Balaban J connectivity index is 1.41. The molecule has 0 N–H and O–H groups in total. The molecule has 1 aliphatic carbocycles. The van der Waals surface area contributed by atoms with Gasteiger partial charge in [0.2, 0.25) is 0 Å². The van der Waals surface area contributed by atoms with Crippen LogP contribution in [-0.4, -0.2) is 69.0 Å². The van der Waals surface area contributed by atoms with Gasteiger partial charge in [-0.1, -0.05) is 19.6 Å². The molecule has 4 atom stereocenters. The van der Waals surface area contributed by atoms with Gasteiger partial charge in [-0.2, -0.15) is 0 Å². The van der Waals surface area contributed by atoms with Gasteiger partial charge >= 0.3 is 6.09 Å². The highest BCUT2D eigenvalue weighted by Crippen LogP contribution is 2.37. The number of nitrogens with zero attached hydrogens (tertiary/aromatic N) is 2. The van der Waals surface area contributed by atoms with Crippen molar-refractivity contribution in [3.63, 3.8) is 0 Å². The first-order valence-electron chi connectivity index (χ1n) is 8.85. The molecule has 3 rings (SSSR count). The molecule has 3 aliphatic rings. The number of fused-ring (bicyclic) bond motifs is 2. The van der Waals surface area contributed by atoms with Gasteiger partial charge in [-0.05, 0) is 23.4 Å². The first kappa shape index (κ1) is 19.0. The van der Waals surface area contributed by atoms with Gasteiger partial charge in [-0.25, -0.2) is 14.5 Å². The number of hydroxylamine groups is 4. The molecule has 0 aromatic carbocycles. The number of carbonyl (C=O) groups is 1. The Hall–Kier alpha value is -0.753. The lowest BCUT2D eigenvalue weighted by atomic mass is 9.90. The summed E-state index contributed by atoms with van der Waals surface area (Å²) >= 11 is 0. The van der Waals surface area contributed by atoms with Gasteiger partial charge in [-0.15, -0.1) is 0 Å². The van der Waals surface area contributed by atoms with Crippen LogP contribution in [0.4, 0.5) is 4.79 Å². The van der Waals surface area contributed by atoms with E-state index in [1.54, 1.807) is 6.92 Å². The average molecular weight is 376 g/mol.